The van der Waals surface area contributed by atoms with Gasteiger partial charge in [0.15, 0.2) is 5.13 Å². The van der Waals surface area contributed by atoms with E-state index in [9.17, 15) is 4.79 Å². The molecule has 3 aromatic rings. The minimum atomic E-state index is -0.306. The van der Waals surface area contributed by atoms with E-state index in [0.29, 0.717) is 27.1 Å². The normalized spacial score (nSPS) is 10.7. The van der Waals surface area contributed by atoms with E-state index in [1.165, 1.54) is 11.3 Å². The molecular weight excluding hydrogens is 308 g/mol. The lowest BCUT2D eigenvalue weighted by Gasteiger charge is -2.04. The van der Waals surface area contributed by atoms with Crippen molar-refractivity contribution in [2.24, 2.45) is 0 Å². The van der Waals surface area contributed by atoms with Gasteiger partial charge in [0.25, 0.3) is 5.91 Å². The fraction of sp³-hybridized carbons (Fsp3) is 0. The molecule has 21 heavy (non-hydrogen) atoms. The molecule has 0 atom stereocenters. The molecule has 3 rings (SSSR count). The van der Waals surface area contributed by atoms with Gasteiger partial charge in [-0.2, -0.15) is 0 Å². The predicted octanol–water partition coefficient (Wildman–Crippen LogP) is 3.37. The van der Waals surface area contributed by atoms with E-state index in [0.717, 1.165) is 10.2 Å². The van der Waals surface area contributed by atoms with Crippen LogP contribution in [0.15, 0.2) is 36.4 Å². The number of carbonyl (C=O) groups is 1. The molecule has 1 amide bonds. The van der Waals surface area contributed by atoms with Crippen LogP contribution in [-0.2, 0) is 0 Å². The molecular formula is C14H11ClN4OS. The number of nitrogens with two attached hydrogens (primary N) is 2. The highest BCUT2D eigenvalue weighted by molar-refractivity contribution is 7.22. The second-order valence-corrected chi connectivity index (χ2v) is 5.94. The van der Waals surface area contributed by atoms with Gasteiger partial charge in [-0.25, -0.2) is 4.98 Å². The number of thiazole rings is 1. The van der Waals surface area contributed by atoms with Crippen molar-refractivity contribution < 1.29 is 4.79 Å². The van der Waals surface area contributed by atoms with Gasteiger partial charge in [-0.15, -0.1) is 0 Å². The number of nitrogens with zero attached hydrogens (tertiary/aromatic N) is 1. The first kappa shape index (κ1) is 13.7. The summed E-state index contributed by atoms with van der Waals surface area (Å²) in [5.74, 6) is -0.306. The van der Waals surface area contributed by atoms with Gasteiger partial charge in [0, 0.05) is 22.0 Å². The van der Waals surface area contributed by atoms with Gasteiger partial charge in [-0.05, 0) is 36.4 Å². The number of fused-ring (bicyclic) bond motifs is 1. The van der Waals surface area contributed by atoms with Crippen molar-refractivity contribution in [2.45, 2.75) is 0 Å². The molecule has 0 aliphatic carbocycles. The smallest absolute Gasteiger partial charge is 0.257 e. The van der Waals surface area contributed by atoms with E-state index in [1.807, 2.05) is 12.1 Å². The molecule has 0 radical (unpaired) electrons. The number of nitrogens with one attached hydrogen (secondary N) is 1. The lowest BCUT2D eigenvalue weighted by Crippen LogP contribution is -2.12. The fourth-order valence-electron chi connectivity index (χ4n) is 1.93. The average molecular weight is 319 g/mol. The molecule has 1 heterocycles. The highest BCUT2D eigenvalue weighted by atomic mass is 35.5. The topological polar surface area (TPSA) is 94.0 Å². The maximum absolute atomic E-state index is 12.2. The Balaban J connectivity index is 1.88. The Morgan fingerprint density at radius 1 is 1.14 bits per heavy atom. The number of halogens is 1. The van der Waals surface area contributed by atoms with Crippen molar-refractivity contribution in [3.63, 3.8) is 0 Å². The number of aromatic nitrogens is 1. The Morgan fingerprint density at radius 2 is 1.86 bits per heavy atom. The summed E-state index contributed by atoms with van der Waals surface area (Å²) < 4.78 is 0.907. The maximum atomic E-state index is 12.2. The van der Waals surface area contributed by atoms with Crippen LogP contribution in [0.3, 0.4) is 0 Å². The summed E-state index contributed by atoms with van der Waals surface area (Å²) in [5.41, 5.74) is 13.4. The van der Waals surface area contributed by atoms with Crippen LogP contribution in [0.2, 0.25) is 5.02 Å². The molecule has 0 aliphatic heterocycles. The zero-order chi connectivity index (χ0) is 15.0. The third-order valence-corrected chi connectivity index (χ3v) is 3.98. The van der Waals surface area contributed by atoms with Gasteiger partial charge < -0.3 is 11.5 Å². The first-order valence-corrected chi connectivity index (χ1v) is 7.24. The monoisotopic (exact) mass is 318 g/mol. The summed E-state index contributed by atoms with van der Waals surface area (Å²) in [7, 11) is 0. The molecule has 5 N–H and O–H groups in total. The first-order valence-electron chi connectivity index (χ1n) is 6.05. The van der Waals surface area contributed by atoms with Crippen molar-refractivity contribution in [3.8, 4) is 0 Å². The van der Waals surface area contributed by atoms with E-state index in [1.54, 1.807) is 24.3 Å². The predicted molar refractivity (Wildman–Crippen MR) is 87.8 cm³/mol. The quantitative estimate of drug-likeness (QED) is 0.631. The van der Waals surface area contributed by atoms with E-state index >= 15 is 0 Å². The Labute approximate surface area is 129 Å². The molecule has 5 nitrogen and oxygen atoms in total. The zero-order valence-electron chi connectivity index (χ0n) is 10.8. The number of hydrogen-bond donors (Lipinski definition) is 3. The highest BCUT2D eigenvalue weighted by Gasteiger charge is 2.11. The minimum Gasteiger partial charge on any atom is -0.399 e. The number of carbonyl (C=O) groups excluding carboxylic acids is 1. The summed E-state index contributed by atoms with van der Waals surface area (Å²) >= 11 is 7.28. The molecule has 1 aromatic heterocycles. The number of rotatable bonds is 2. The Hall–Kier alpha value is -2.31. The zero-order valence-corrected chi connectivity index (χ0v) is 12.3. The van der Waals surface area contributed by atoms with E-state index in [-0.39, 0.29) is 5.91 Å². The SMILES string of the molecule is Nc1cc(N)cc(C(=O)Nc2nc3ccc(Cl)cc3s2)c1. The number of amides is 1. The lowest BCUT2D eigenvalue weighted by atomic mass is 10.1. The van der Waals surface area contributed by atoms with Crippen LogP contribution in [0.4, 0.5) is 16.5 Å². The standard InChI is InChI=1S/C14H11ClN4OS/c15-8-1-2-11-12(5-8)21-14(18-11)19-13(20)7-3-9(16)6-10(17)4-7/h1-6H,16-17H2,(H,18,19,20). The van der Waals surface area contributed by atoms with Crippen LogP contribution < -0.4 is 16.8 Å². The molecule has 0 spiro atoms. The Morgan fingerprint density at radius 3 is 2.57 bits per heavy atom. The third-order valence-electron chi connectivity index (χ3n) is 2.81. The number of nitrogen functional groups attached to an aromatic ring is 2. The maximum Gasteiger partial charge on any atom is 0.257 e. The minimum absolute atomic E-state index is 0.306. The molecule has 0 saturated heterocycles. The van der Waals surface area contributed by atoms with Gasteiger partial charge in [-0.1, -0.05) is 22.9 Å². The van der Waals surface area contributed by atoms with E-state index in [2.05, 4.69) is 10.3 Å². The van der Waals surface area contributed by atoms with Crippen LogP contribution in [0.1, 0.15) is 10.4 Å². The summed E-state index contributed by atoms with van der Waals surface area (Å²) in [4.78, 5) is 16.5. The van der Waals surface area contributed by atoms with E-state index in [4.69, 9.17) is 23.1 Å². The van der Waals surface area contributed by atoms with Crippen molar-refractivity contribution in [3.05, 3.63) is 47.0 Å². The van der Waals surface area contributed by atoms with Gasteiger partial charge in [0.1, 0.15) is 0 Å². The Kier molecular flexibility index (Phi) is 3.40. The fourth-order valence-corrected chi connectivity index (χ4v) is 3.07. The number of hydrogen-bond acceptors (Lipinski definition) is 5. The largest absolute Gasteiger partial charge is 0.399 e. The first-order chi connectivity index (χ1) is 10.0. The van der Waals surface area contributed by atoms with Crippen LogP contribution in [0.25, 0.3) is 10.2 Å². The molecule has 0 unspecified atom stereocenters. The van der Waals surface area contributed by atoms with Crippen LogP contribution >= 0.6 is 22.9 Å². The second-order valence-electron chi connectivity index (χ2n) is 4.47. The summed E-state index contributed by atoms with van der Waals surface area (Å²) in [5, 5.41) is 3.87. The Bertz CT molecular complexity index is 826. The highest BCUT2D eigenvalue weighted by Crippen LogP contribution is 2.28. The van der Waals surface area contributed by atoms with Gasteiger partial charge in [0.05, 0.1) is 10.2 Å². The lowest BCUT2D eigenvalue weighted by molar-refractivity contribution is 0.102. The van der Waals surface area contributed by atoms with Gasteiger partial charge in [0.2, 0.25) is 0 Å². The van der Waals surface area contributed by atoms with Gasteiger partial charge >= 0.3 is 0 Å². The summed E-state index contributed by atoms with van der Waals surface area (Å²) in [6.45, 7) is 0. The third kappa shape index (κ3) is 2.91. The van der Waals surface area contributed by atoms with Crippen LogP contribution in [0.5, 0.6) is 0 Å². The second kappa shape index (κ2) is 5.23. The van der Waals surface area contributed by atoms with Crippen molar-refractivity contribution in [1.82, 2.24) is 4.98 Å². The molecule has 7 heteroatoms. The van der Waals surface area contributed by atoms with Crippen molar-refractivity contribution in [1.29, 1.82) is 0 Å². The van der Waals surface area contributed by atoms with E-state index < -0.39 is 0 Å². The molecule has 0 aliphatic rings. The number of benzene rings is 2. The van der Waals surface area contributed by atoms with Crippen molar-refractivity contribution in [2.75, 3.05) is 16.8 Å². The molecule has 0 fully saturated rings. The molecule has 106 valence electrons. The number of anilines is 3. The molecule has 0 saturated carbocycles. The van der Waals surface area contributed by atoms with Crippen molar-refractivity contribution >= 4 is 55.6 Å². The van der Waals surface area contributed by atoms with Crippen LogP contribution in [0, 0.1) is 0 Å². The molecule has 0 bridgehead atoms. The van der Waals surface area contributed by atoms with Gasteiger partial charge in [-0.3, -0.25) is 10.1 Å². The average Bonchev–Trinajstić information content (AvgIpc) is 2.78. The molecule has 2 aromatic carbocycles. The van der Waals surface area contributed by atoms with Crippen LogP contribution in [-0.4, -0.2) is 10.9 Å². The summed E-state index contributed by atoms with van der Waals surface area (Å²) in [6, 6.07) is 10.1. The summed E-state index contributed by atoms with van der Waals surface area (Å²) in [6.07, 6.45) is 0.